The number of Topliss-reactive ketones (excluding diaryl/α,β-unsaturated/α-hetero) is 1. The van der Waals surface area contributed by atoms with Crippen LogP contribution in [0, 0.1) is 5.92 Å². The van der Waals surface area contributed by atoms with Crippen molar-refractivity contribution in [3.05, 3.63) is 125 Å². The first kappa shape index (κ1) is 32.2. The summed E-state index contributed by atoms with van der Waals surface area (Å²) < 4.78 is 13.1. The van der Waals surface area contributed by atoms with Crippen molar-refractivity contribution in [3.63, 3.8) is 0 Å². The molecule has 1 heterocycles. The Balaban J connectivity index is 1.32. The number of benzene rings is 4. The molecule has 0 radical (unpaired) electrons. The van der Waals surface area contributed by atoms with Crippen LogP contribution in [-0.4, -0.2) is 34.8 Å². The molecule has 5 atom stereocenters. The van der Waals surface area contributed by atoms with Gasteiger partial charge in [-0.25, -0.2) is 4.79 Å². The fourth-order valence-corrected chi connectivity index (χ4v) is 6.46. The van der Waals surface area contributed by atoms with Crippen molar-refractivity contribution in [2.75, 3.05) is 16.8 Å². The largest absolute Gasteiger partial charge is 0.398 e. The van der Waals surface area contributed by atoms with Crippen LogP contribution in [0.2, 0.25) is 0 Å². The SMILES string of the molecule is CC(=O)C(Cc1ccccc1)NC(=O)Nc1cccc(C2OC(CSc3ccccc3N)C(C)C(c3ccc(CO)cc3)O2)c1. The van der Waals surface area contributed by atoms with Gasteiger partial charge in [0.2, 0.25) is 0 Å². The number of carbonyl (C=O) groups excluding carboxylic acids is 2. The first-order chi connectivity index (χ1) is 21.8. The van der Waals surface area contributed by atoms with Gasteiger partial charge in [-0.3, -0.25) is 4.79 Å². The van der Waals surface area contributed by atoms with E-state index in [9.17, 15) is 14.7 Å². The molecule has 0 spiro atoms. The number of amides is 2. The molecule has 0 aromatic heterocycles. The van der Waals surface area contributed by atoms with Crippen LogP contribution < -0.4 is 16.4 Å². The van der Waals surface area contributed by atoms with Gasteiger partial charge in [0, 0.05) is 33.5 Å². The maximum absolute atomic E-state index is 13.0. The third-order valence-electron chi connectivity index (χ3n) is 7.94. The number of para-hydroxylation sites is 1. The maximum Gasteiger partial charge on any atom is 0.319 e. The highest BCUT2D eigenvalue weighted by molar-refractivity contribution is 7.99. The van der Waals surface area contributed by atoms with E-state index in [1.807, 2.05) is 97.1 Å². The van der Waals surface area contributed by atoms with Crippen molar-refractivity contribution in [3.8, 4) is 0 Å². The number of ketones is 1. The Morgan fingerprint density at radius 3 is 2.33 bits per heavy atom. The average molecular weight is 626 g/mol. The molecule has 5 N–H and O–H groups in total. The number of ether oxygens (including phenoxy) is 2. The number of nitrogens with one attached hydrogen (secondary N) is 2. The first-order valence-electron chi connectivity index (χ1n) is 15.0. The molecule has 9 heteroatoms. The van der Waals surface area contributed by atoms with Gasteiger partial charge in [-0.15, -0.1) is 11.8 Å². The minimum atomic E-state index is -0.699. The van der Waals surface area contributed by atoms with Gasteiger partial charge < -0.3 is 30.9 Å². The summed E-state index contributed by atoms with van der Waals surface area (Å²) in [6.07, 6.45) is -0.745. The first-order valence-corrected chi connectivity index (χ1v) is 16.0. The van der Waals surface area contributed by atoms with Gasteiger partial charge in [-0.2, -0.15) is 0 Å². The summed E-state index contributed by atoms with van der Waals surface area (Å²) in [5.41, 5.74) is 11.0. The Bertz CT molecular complexity index is 1580. The van der Waals surface area contributed by atoms with Gasteiger partial charge >= 0.3 is 6.03 Å². The standard InChI is InChI=1S/C36H39N3O5S/c1-23-32(22-45-33-14-7-6-13-30(33)37)43-35(44-34(23)27-17-15-26(21-40)16-18-27)28-11-8-12-29(20-28)38-36(42)39-31(24(2)41)19-25-9-4-3-5-10-25/h3-18,20,23,31-32,34-35,40H,19,21-22,37H2,1-2H3,(H2,38,39,42). The smallest absolute Gasteiger partial charge is 0.319 e. The number of aliphatic hydroxyl groups is 1. The van der Waals surface area contributed by atoms with Gasteiger partial charge in [0.1, 0.15) is 0 Å². The molecular formula is C36H39N3O5S. The molecule has 45 heavy (non-hydrogen) atoms. The lowest BCUT2D eigenvalue weighted by Gasteiger charge is -2.41. The number of nitrogens with two attached hydrogens (primary N) is 1. The minimum Gasteiger partial charge on any atom is -0.398 e. The van der Waals surface area contributed by atoms with Crippen LogP contribution in [0.1, 0.15) is 48.5 Å². The topological polar surface area (TPSA) is 123 Å². The zero-order valence-electron chi connectivity index (χ0n) is 25.4. The molecule has 0 aliphatic carbocycles. The molecule has 1 aliphatic heterocycles. The molecule has 5 unspecified atom stereocenters. The third-order valence-corrected chi connectivity index (χ3v) is 9.12. The van der Waals surface area contributed by atoms with Crippen LogP contribution in [0.15, 0.2) is 108 Å². The summed E-state index contributed by atoms with van der Waals surface area (Å²) >= 11 is 1.65. The predicted molar refractivity (Wildman–Crippen MR) is 178 cm³/mol. The van der Waals surface area contributed by atoms with E-state index in [0.717, 1.165) is 32.8 Å². The van der Waals surface area contributed by atoms with Crippen LogP contribution in [0.4, 0.5) is 16.2 Å². The van der Waals surface area contributed by atoms with Crippen LogP contribution >= 0.6 is 11.8 Å². The highest BCUT2D eigenvalue weighted by Gasteiger charge is 2.38. The summed E-state index contributed by atoms with van der Waals surface area (Å²) in [6.45, 7) is 3.56. The Morgan fingerprint density at radius 2 is 1.62 bits per heavy atom. The number of nitrogen functional groups attached to an aromatic ring is 1. The molecule has 5 rings (SSSR count). The Kier molecular flexibility index (Phi) is 10.9. The van der Waals surface area contributed by atoms with E-state index in [-0.39, 0.29) is 30.5 Å². The molecule has 0 saturated carbocycles. The number of hydrogen-bond acceptors (Lipinski definition) is 7. The van der Waals surface area contributed by atoms with Crippen molar-refractivity contribution < 1.29 is 24.2 Å². The van der Waals surface area contributed by atoms with E-state index in [2.05, 4.69) is 17.6 Å². The molecule has 1 fully saturated rings. The Labute approximate surface area is 268 Å². The van der Waals surface area contributed by atoms with Crippen LogP contribution in [-0.2, 0) is 27.3 Å². The summed E-state index contributed by atoms with van der Waals surface area (Å²) in [4.78, 5) is 26.3. The number of anilines is 2. The van der Waals surface area contributed by atoms with E-state index in [1.54, 1.807) is 17.8 Å². The van der Waals surface area contributed by atoms with Crippen molar-refractivity contribution >= 4 is 35.0 Å². The van der Waals surface area contributed by atoms with Gasteiger partial charge in [0.15, 0.2) is 12.1 Å². The van der Waals surface area contributed by atoms with Gasteiger partial charge in [-0.1, -0.05) is 85.8 Å². The fraction of sp³-hybridized carbons (Fsp3) is 0.278. The van der Waals surface area contributed by atoms with Crippen molar-refractivity contribution in [1.82, 2.24) is 5.32 Å². The molecule has 4 aromatic rings. The van der Waals surface area contributed by atoms with E-state index in [1.165, 1.54) is 6.92 Å². The molecule has 234 valence electrons. The second kappa shape index (κ2) is 15.2. The predicted octanol–water partition coefficient (Wildman–Crippen LogP) is 6.67. The summed E-state index contributed by atoms with van der Waals surface area (Å²) in [5.74, 6) is 0.549. The third kappa shape index (κ3) is 8.52. The summed E-state index contributed by atoms with van der Waals surface area (Å²) in [6, 6.07) is 31.4. The van der Waals surface area contributed by atoms with Crippen LogP contribution in [0.5, 0.6) is 0 Å². The average Bonchev–Trinajstić information content (AvgIpc) is 3.05. The van der Waals surface area contributed by atoms with Crippen LogP contribution in [0.25, 0.3) is 0 Å². The number of thioether (sulfide) groups is 1. The summed E-state index contributed by atoms with van der Waals surface area (Å²) in [5, 5.41) is 15.2. The molecule has 4 aromatic carbocycles. The summed E-state index contributed by atoms with van der Waals surface area (Å²) in [7, 11) is 0. The van der Waals surface area contributed by atoms with Gasteiger partial charge in [-0.05, 0) is 54.3 Å². The second-order valence-electron chi connectivity index (χ2n) is 11.2. The zero-order valence-corrected chi connectivity index (χ0v) is 26.2. The van der Waals surface area contributed by atoms with Crippen molar-refractivity contribution in [1.29, 1.82) is 0 Å². The normalized spacial score (nSPS) is 20.2. The highest BCUT2D eigenvalue weighted by atomic mass is 32.2. The molecule has 2 amide bonds. The van der Waals surface area contributed by atoms with Gasteiger partial charge in [0.25, 0.3) is 0 Å². The fourth-order valence-electron chi connectivity index (χ4n) is 5.33. The number of rotatable bonds is 11. The second-order valence-corrected chi connectivity index (χ2v) is 12.3. The van der Waals surface area contributed by atoms with E-state index >= 15 is 0 Å². The lowest BCUT2D eigenvalue weighted by Crippen LogP contribution is -2.43. The number of hydrogen-bond donors (Lipinski definition) is 4. The van der Waals surface area contributed by atoms with Crippen molar-refractivity contribution in [2.24, 2.45) is 5.92 Å². The van der Waals surface area contributed by atoms with Crippen LogP contribution in [0.3, 0.4) is 0 Å². The quantitative estimate of drug-likeness (QED) is 0.109. The molecular weight excluding hydrogens is 586 g/mol. The number of aliphatic hydroxyl groups excluding tert-OH is 1. The number of urea groups is 1. The monoisotopic (exact) mass is 625 g/mol. The van der Waals surface area contributed by atoms with E-state index in [0.29, 0.717) is 17.9 Å². The van der Waals surface area contributed by atoms with E-state index in [4.69, 9.17) is 15.2 Å². The molecule has 1 saturated heterocycles. The lowest BCUT2D eigenvalue weighted by atomic mass is 9.91. The molecule has 8 nitrogen and oxygen atoms in total. The highest BCUT2D eigenvalue weighted by Crippen LogP contribution is 2.43. The number of carbonyl (C=O) groups is 2. The van der Waals surface area contributed by atoms with E-state index < -0.39 is 18.4 Å². The lowest BCUT2D eigenvalue weighted by molar-refractivity contribution is -0.268. The molecule has 1 aliphatic rings. The molecule has 0 bridgehead atoms. The zero-order chi connectivity index (χ0) is 31.8. The Morgan fingerprint density at radius 1 is 0.889 bits per heavy atom. The van der Waals surface area contributed by atoms with Crippen molar-refractivity contribution in [2.45, 2.75) is 56.3 Å². The minimum absolute atomic E-state index is 0.0128. The Hall–Kier alpha value is -4.15. The van der Waals surface area contributed by atoms with Gasteiger partial charge in [0.05, 0.1) is 24.9 Å². The maximum atomic E-state index is 13.0.